The highest BCUT2D eigenvalue weighted by Crippen LogP contribution is 2.30. The van der Waals surface area contributed by atoms with Gasteiger partial charge < -0.3 is 10.2 Å². The largest absolute Gasteiger partial charge is 0.363 e. The molecule has 2 rings (SSSR count). The molecule has 1 fully saturated rings. The number of benzene rings is 1. The van der Waals surface area contributed by atoms with Gasteiger partial charge in [-0.1, -0.05) is 32.9 Å². The van der Waals surface area contributed by atoms with Gasteiger partial charge in [0.25, 0.3) is 0 Å². The summed E-state index contributed by atoms with van der Waals surface area (Å²) in [6.45, 7) is 9.03. The molecule has 1 aliphatic rings. The molecule has 0 saturated carbocycles. The van der Waals surface area contributed by atoms with Crippen LogP contribution in [0.5, 0.6) is 0 Å². The molecule has 2 nitrogen and oxygen atoms in total. The Hall–Kier alpha value is -1.02. The summed E-state index contributed by atoms with van der Waals surface area (Å²) in [7, 11) is 2.01. The summed E-state index contributed by atoms with van der Waals surface area (Å²) in [5, 5.41) is 3.22. The van der Waals surface area contributed by atoms with Gasteiger partial charge in [0, 0.05) is 18.8 Å². The number of anilines is 1. The fraction of sp³-hybridized carbons (Fsp3) is 0.571. The number of hydrogen-bond donors (Lipinski definition) is 1. The summed E-state index contributed by atoms with van der Waals surface area (Å²) in [4.78, 5) is 2.43. The lowest BCUT2D eigenvalue weighted by Gasteiger charge is -2.19. The van der Waals surface area contributed by atoms with Crippen molar-refractivity contribution in [3.8, 4) is 0 Å². The summed E-state index contributed by atoms with van der Waals surface area (Å²) in [5.74, 6) is 0. The molecule has 0 radical (unpaired) electrons. The molecule has 1 N–H and O–H groups in total. The van der Waals surface area contributed by atoms with Crippen LogP contribution in [0.4, 0.5) is 5.69 Å². The van der Waals surface area contributed by atoms with Gasteiger partial charge in [-0.15, -0.1) is 0 Å². The van der Waals surface area contributed by atoms with Gasteiger partial charge in [-0.05, 0) is 30.2 Å². The maximum atomic E-state index is 3.22. The SMILES string of the molecule is CNCC1CN1c1ccc(C(C)(C)C)cc1. The minimum Gasteiger partial charge on any atom is -0.363 e. The fourth-order valence-corrected chi connectivity index (χ4v) is 2.06. The number of likely N-dealkylation sites (N-methyl/N-ethyl adjacent to an activating group) is 1. The Kier molecular flexibility index (Phi) is 2.94. The van der Waals surface area contributed by atoms with Crippen LogP contribution in [0.1, 0.15) is 26.3 Å². The molecule has 0 aliphatic carbocycles. The summed E-state index contributed by atoms with van der Waals surface area (Å²) in [6, 6.07) is 9.70. The summed E-state index contributed by atoms with van der Waals surface area (Å²) in [6.07, 6.45) is 0. The van der Waals surface area contributed by atoms with Crippen LogP contribution in [0.15, 0.2) is 24.3 Å². The van der Waals surface area contributed by atoms with Gasteiger partial charge in [-0.25, -0.2) is 0 Å². The van der Waals surface area contributed by atoms with Crippen molar-refractivity contribution < 1.29 is 0 Å². The van der Waals surface area contributed by atoms with Crippen molar-refractivity contribution in [2.45, 2.75) is 32.2 Å². The van der Waals surface area contributed by atoms with Gasteiger partial charge in [0.1, 0.15) is 0 Å². The highest BCUT2D eigenvalue weighted by Gasteiger charge is 2.33. The Bertz CT molecular complexity index is 348. The third-order valence-electron chi connectivity index (χ3n) is 3.22. The van der Waals surface area contributed by atoms with Crippen molar-refractivity contribution in [3.63, 3.8) is 0 Å². The van der Waals surface area contributed by atoms with Gasteiger partial charge in [0.2, 0.25) is 0 Å². The second-order valence-corrected chi connectivity index (χ2v) is 5.66. The molecule has 1 aromatic rings. The van der Waals surface area contributed by atoms with E-state index >= 15 is 0 Å². The van der Waals surface area contributed by atoms with Crippen LogP contribution in [-0.4, -0.2) is 26.2 Å². The van der Waals surface area contributed by atoms with E-state index in [0.717, 1.165) is 6.54 Å². The fourth-order valence-electron chi connectivity index (χ4n) is 2.06. The average Bonchev–Trinajstić information content (AvgIpc) is 2.97. The lowest BCUT2D eigenvalue weighted by molar-refractivity contribution is 0.590. The topological polar surface area (TPSA) is 15.0 Å². The van der Waals surface area contributed by atoms with Crippen molar-refractivity contribution in [3.05, 3.63) is 29.8 Å². The van der Waals surface area contributed by atoms with E-state index in [1.165, 1.54) is 17.8 Å². The van der Waals surface area contributed by atoms with E-state index in [0.29, 0.717) is 6.04 Å². The Morgan fingerprint density at radius 1 is 1.25 bits per heavy atom. The van der Waals surface area contributed by atoms with Crippen LogP contribution in [0.2, 0.25) is 0 Å². The molecule has 1 saturated heterocycles. The van der Waals surface area contributed by atoms with Crippen LogP contribution in [0.25, 0.3) is 0 Å². The number of nitrogens with zero attached hydrogens (tertiary/aromatic N) is 1. The van der Waals surface area contributed by atoms with E-state index in [-0.39, 0.29) is 5.41 Å². The zero-order valence-corrected chi connectivity index (χ0v) is 10.7. The molecule has 88 valence electrons. The van der Waals surface area contributed by atoms with Crippen LogP contribution >= 0.6 is 0 Å². The van der Waals surface area contributed by atoms with Gasteiger partial charge in [-0.3, -0.25) is 0 Å². The van der Waals surface area contributed by atoms with E-state index in [2.05, 4.69) is 55.3 Å². The van der Waals surface area contributed by atoms with Gasteiger partial charge in [0.05, 0.1) is 6.04 Å². The monoisotopic (exact) mass is 218 g/mol. The van der Waals surface area contributed by atoms with E-state index in [9.17, 15) is 0 Å². The standard InChI is InChI=1S/C14H22N2/c1-14(2,3)11-5-7-12(8-6-11)16-10-13(16)9-15-4/h5-8,13,15H,9-10H2,1-4H3. The molecule has 0 aromatic heterocycles. The normalized spacial score (nSPS) is 20.0. The summed E-state index contributed by atoms with van der Waals surface area (Å²) < 4.78 is 0. The maximum Gasteiger partial charge on any atom is 0.0590 e. The van der Waals surface area contributed by atoms with Crippen LogP contribution in [0, 0.1) is 0 Å². The van der Waals surface area contributed by atoms with Gasteiger partial charge in [-0.2, -0.15) is 0 Å². The van der Waals surface area contributed by atoms with E-state index in [1.807, 2.05) is 7.05 Å². The third kappa shape index (κ3) is 2.38. The minimum atomic E-state index is 0.252. The van der Waals surface area contributed by atoms with Crippen molar-refractivity contribution >= 4 is 5.69 Å². The van der Waals surface area contributed by atoms with Crippen LogP contribution in [-0.2, 0) is 5.41 Å². The zero-order valence-electron chi connectivity index (χ0n) is 10.7. The average molecular weight is 218 g/mol. The van der Waals surface area contributed by atoms with E-state index < -0.39 is 0 Å². The highest BCUT2D eigenvalue weighted by atomic mass is 15.3. The van der Waals surface area contributed by atoms with Crippen LogP contribution < -0.4 is 10.2 Å². The first-order chi connectivity index (χ1) is 7.52. The van der Waals surface area contributed by atoms with Crippen molar-refractivity contribution in [2.24, 2.45) is 0 Å². The predicted molar refractivity (Wildman–Crippen MR) is 70.2 cm³/mol. The van der Waals surface area contributed by atoms with Crippen molar-refractivity contribution in [1.82, 2.24) is 5.32 Å². The van der Waals surface area contributed by atoms with Gasteiger partial charge in [0.15, 0.2) is 0 Å². The zero-order chi connectivity index (χ0) is 11.8. The van der Waals surface area contributed by atoms with Gasteiger partial charge >= 0.3 is 0 Å². The molecule has 1 heterocycles. The first-order valence-electron chi connectivity index (χ1n) is 6.04. The summed E-state index contributed by atoms with van der Waals surface area (Å²) in [5.41, 5.74) is 3.01. The minimum absolute atomic E-state index is 0.252. The lowest BCUT2D eigenvalue weighted by atomic mass is 9.87. The quantitative estimate of drug-likeness (QED) is 0.784. The first-order valence-corrected chi connectivity index (χ1v) is 6.04. The predicted octanol–water partition coefficient (Wildman–Crippen LogP) is 2.39. The Morgan fingerprint density at radius 2 is 1.88 bits per heavy atom. The van der Waals surface area contributed by atoms with Crippen LogP contribution in [0.3, 0.4) is 0 Å². The molecular weight excluding hydrogens is 196 g/mol. The molecule has 2 heteroatoms. The second kappa shape index (κ2) is 4.10. The van der Waals surface area contributed by atoms with E-state index in [1.54, 1.807) is 0 Å². The first kappa shape index (κ1) is 11.5. The molecule has 1 unspecified atom stereocenters. The Labute approximate surface area is 98.7 Å². The molecule has 0 bridgehead atoms. The second-order valence-electron chi connectivity index (χ2n) is 5.66. The highest BCUT2D eigenvalue weighted by molar-refractivity contribution is 5.55. The molecule has 0 amide bonds. The molecule has 1 atom stereocenters. The molecular formula is C14H22N2. The Morgan fingerprint density at radius 3 is 2.38 bits per heavy atom. The molecule has 1 aliphatic heterocycles. The van der Waals surface area contributed by atoms with E-state index in [4.69, 9.17) is 0 Å². The number of nitrogens with one attached hydrogen (secondary N) is 1. The van der Waals surface area contributed by atoms with Crippen molar-refractivity contribution in [2.75, 3.05) is 25.0 Å². The Balaban J connectivity index is 2.04. The maximum absolute atomic E-state index is 3.22. The number of hydrogen-bond acceptors (Lipinski definition) is 2. The number of rotatable bonds is 3. The molecule has 1 aromatic carbocycles. The lowest BCUT2D eigenvalue weighted by Crippen LogP contribution is -2.17. The van der Waals surface area contributed by atoms with Crippen molar-refractivity contribution in [1.29, 1.82) is 0 Å². The molecule has 16 heavy (non-hydrogen) atoms. The summed E-state index contributed by atoms with van der Waals surface area (Å²) >= 11 is 0. The third-order valence-corrected chi connectivity index (χ3v) is 3.22. The smallest absolute Gasteiger partial charge is 0.0590 e. The molecule has 0 spiro atoms.